The van der Waals surface area contributed by atoms with Gasteiger partial charge in [-0.05, 0) is 36.5 Å². The fourth-order valence-electron chi connectivity index (χ4n) is 5.19. The lowest BCUT2D eigenvalue weighted by Gasteiger charge is -2.39. The Labute approximate surface area is 185 Å². The third kappa shape index (κ3) is 3.18. The number of fused-ring (bicyclic) bond motifs is 2. The van der Waals surface area contributed by atoms with Crippen molar-refractivity contribution >= 4 is 29.0 Å². The zero-order valence-corrected chi connectivity index (χ0v) is 18.3. The van der Waals surface area contributed by atoms with Crippen LogP contribution in [0, 0.1) is 26.4 Å². The number of carbonyl (C=O) groups is 2. The largest absolute Gasteiger partial charge is 0.365 e. The van der Waals surface area contributed by atoms with E-state index in [0.717, 1.165) is 18.2 Å². The topological polar surface area (TPSA) is 111 Å². The van der Waals surface area contributed by atoms with Gasteiger partial charge in [0.05, 0.1) is 21.6 Å². The number of para-hydroxylation sites is 1. The van der Waals surface area contributed by atoms with E-state index in [1.807, 2.05) is 30.3 Å². The van der Waals surface area contributed by atoms with Crippen LogP contribution in [0.4, 0.5) is 11.4 Å². The molecule has 2 aliphatic carbocycles. The van der Waals surface area contributed by atoms with Crippen LogP contribution in [0.5, 0.6) is 0 Å². The summed E-state index contributed by atoms with van der Waals surface area (Å²) in [7, 11) is 0. The van der Waals surface area contributed by atoms with E-state index in [2.05, 4.69) is 31.2 Å². The Morgan fingerprint density at radius 3 is 2.47 bits per heavy atom. The maximum Gasteiger partial charge on any atom is 0.365 e. The molecule has 2 unspecified atom stereocenters. The van der Waals surface area contributed by atoms with E-state index in [4.69, 9.17) is 4.84 Å². The Bertz CT molecular complexity index is 1130. The monoisotopic (exact) mass is 435 g/mol. The van der Waals surface area contributed by atoms with Gasteiger partial charge in [-0.15, -0.1) is 0 Å². The van der Waals surface area contributed by atoms with Gasteiger partial charge >= 0.3 is 5.97 Å². The number of nitro groups is 1. The van der Waals surface area contributed by atoms with Gasteiger partial charge in [-0.2, -0.15) is 0 Å². The first kappa shape index (κ1) is 21.7. The van der Waals surface area contributed by atoms with Crippen molar-refractivity contribution in [1.82, 2.24) is 0 Å². The minimum atomic E-state index is -0.770. The number of hydrogen-bond acceptors (Lipinski definition) is 6. The maximum atomic E-state index is 13.4. The Morgan fingerprint density at radius 2 is 1.78 bits per heavy atom. The molecule has 2 aromatic carbocycles. The highest BCUT2D eigenvalue weighted by atomic mass is 16.7. The predicted octanol–water partition coefficient (Wildman–Crippen LogP) is 4.96. The molecule has 2 aromatic rings. The molecule has 0 heterocycles. The van der Waals surface area contributed by atoms with Crippen LogP contribution in [0.3, 0.4) is 0 Å². The molecule has 1 N–H and O–H groups in total. The summed E-state index contributed by atoms with van der Waals surface area (Å²) in [5.41, 5.74) is -0.243. The van der Waals surface area contributed by atoms with Gasteiger partial charge in [-0.3, -0.25) is 14.9 Å². The lowest BCUT2D eigenvalue weighted by Crippen LogP contribution is -2.43. The summed E-state index contributed by atoms with van der Waals surface area (Å²) in [6, 6.07) is 14.6. The van der Waals surface area contributed by atoms with E-state index in [1.165, 1.54) is 18.2 Å². The maximum absolute atomic E-state index is 13.4. The number of hydrogen-bond donors (Lipinski definition) is 1. The van der Waals surface area contributed by atoms with E-state index in [-0.39, 0.29) is 17.2 Å². The lowest BCUT2D eigenvalue weighted by atomic mass is 9.64. The molecule has 8 nitrogen and oxygen atoms in total. The molecule has 32 heavy (non-hydrogen) atoms. The van der Waals surface area contributed by atoms with Crippen molar-refractivity contribution in [3.8, 4) is 0 Å². The first-order chi connectivity index (χ1) is 15.1. The molecule has 2 fully saturated rings. The van der Waals surface area contributed by atoms with Gasteiger partial charge in [-0.1, -0.05) is 50.2 Å². The third-order valence-corrected chi connectivity index (χ3v) is 7.73. The highest BCUT2D eigenvalue weighted by molar-refractivity contribution is 6.06. The average Bonchev–Trinajstić information content (AvgIpc) is 3.09. The number of carbonyl (C=O) groups excluding carboxylic acids is 2. The molecule has 0 spiro atoms. The quantitative estimate of drug-likeness (QED) is 0.405. The standard InChI is InChI=1S/C24H25N3O5/c1-22(2)23(3)12-13-24(22,21(29)25-17-9-5-4-6-10-17)15-19(23)26-32-20(28)16-8-7-11-18(14-16)27(30)31/h4-11,14H,12-13,15H2,1-3H3,(H,25,29)/b26-19+. The van der Waals surface area contributed by atoms with Gasteiger partial charge in [0, 0.05) is 29.7 Å². The minimum absolute atomic E-state index is 0.0488. The van der Waals surface area contributed by atoms with Gasteiger partial charge in [0.15, 0.2) is 0 Å². The summed E-state index contributed by atoms with van der Waals surface area (Å²) in [4.78, 5) is 41.5. The molecule has 2 atom stereocenters. The summed E-state index contributed by atoms with van der Waals surface area (Å²) in [6.07, 6.45) is 1.85. The van der Waals surface area contributed by atoms with Crippen LogP contribution >= 0.6 is 0 Å². The van der Waals surface area contributed by atoms with Crippen LogP contribution in [0.15, 0.2) is 59.8 Å². The number of benzene rings is 2. The SMILES string of the molecule is CC12CCC(C(=O)Nc3ccccc3)(C/C1=N\OC(=O)c1cccc([N+](=O)[O-])c1)C2(C)C. The van der Waals surface area contributed by atoms with Crippen LogP contribution in [0.2, 0.25) is 0 Å². The van der Waals surface area contributed by atoms with Crippen LogP contribution < -0.4 is 5.32 Å². The van der Waals surface area contributed by atoms with Crippen molar-refractivity contribution in [3.05, 3.63) is 70.3 Å². The van der Waals surface area contributed by atoms with E-state index < -0.39 is 27.1 Å². The summed E-state index contributed by atoms with van der Waals surface area (Å²) in [6.45, 7) is 6.18. The van der Waals surface area contributed by atoms with Crippen LogP contribution in [0.25, 0.3) is 0 Å². The molecular formula is C24H25N3O5. The average molecular weight is 435 g/mol. The van der Waals surface area contributed by atoms with Crippen molar-refractivity contribution in [1.29, 1.82) is 0 Å². The Balaban J connectivity index is 1.58. The summed E-state index contributed by atoms with van der Waals surface area (Å²) in [5, 5.41) is 18.2. The minimum Gasteiger partial charge on any atom is -0.326 e. The molecule has 2 bridgehead atoms. The zero-order chi connectivity index (χ0) is 23.1. The Morgan fingerprint density at radius 1 is 1.06 bits per heavy atom. The summed E-state index contributed by atoms with van der Waals surface area (Å²) < 4.78 is 0. The van der Waals surface area contributed by atoms with Gasteiger partial charge < -0.3 is 10.2 Å². The van der Waals surface area contributed by atoms with Crippen molar-refractivity contribution < 1.29 is 19.3 Å². The van der Waals surface area contributed by atoms with Gasteiger partial charge in [0.25, 0.3) is 5.69 Å². The highest BCUT2D eigenvalue weighted by Crippen LogP contribution is 2.71. The first-order valence-corrected chi connectivity index (χ1v) is 10.5. The van der Waals surface area contributed by atoms with Crippen molar-refractivity contribution in [2.24, 2.45) is 21.4 Å². The molecule has 2 saturated carbocycles. The number of anilines is 1. The van der Waals surface area contributed by atoms with E-state index in [1.54, 1.807) is 0 Å². The van der Waals surface area contributed by atoms with Crippen molar-refractivity contribution in [2.75, 3.05) is 5.32 Å². The number of rotatable bonds is 5. The number of nitro benzene ring substituents is 1. The third-order valence-electron chi connectivity index (χ3n) is 7.73. The van der Waals surface area contributed by atoms with Gasteiger partial charge in [0.1, 0.15) is 0 Å². The van der Waals surface area contributed by atoms with Crippen molar-refractivity contribution in [3.63, 3.8) is 0 Å². The van der Waals surface area contributed by atoms with Crippen LogP contribution in [0.1, 0.15) is 50.4 Å². The molecule has 4 rings (SSSR count). The second-order valence-corrected chi connectivity index (χ2v) is 9.26. The number of nitrogens with zero attached hydrogens (tertiary/aromatic N) is 2. The fraction of sp³-hybridized carbons (Fsp3) is 0.375. The predicted molar refractivity (Wildman–Crippen MR) is 119 cm³/mol. The highest BCUT2D eigenvalue weighted by Gasteiger charge is 2.71. The number of amides is 1. The number of non-ortho nitro benzene ring substituents is 1. The van der Waals surface area contributed by atoms with Crippen LogP contribution in [-0.2, 0) is 9.63 Å². The second kappa shape index (κ2) is 7.55. The Hall–Kier alpha value is -3.55. The van der Waals surface area contributed by atoms with Gasteiger partial charge in [-0.25, -0.2) is 4.79 Å². The fourth-order valence-corrected chi connectivity index (χ4v) is 5.19. The van der Waals surface area contributed by atoms with E-state index >= 15 is 0 Å². The smallest absolute Gasteiger partial charge is 0.326 e. The van der Waals surface area contributed by atoms with E-state index in [9.17, 15) is 19.7 Å². The zero-order valence-electron chi connectivity index (χ0n) is 18.3. The molecule has 166 valence electrons. The van der Waals surface area contributed by atoms with E-state index in [0.29, 0.717) is 18.6 Å². The number of oxime groups is 1. The van der Waals surface area contributed by atoms with Crippen molar-refractivity contribution in [2.45, 2.75) is 40.0 Å². The second-order valence-electron chi connectivity index (χ2n) is 9.26. The molecule has 1 amide bonds. The Kier molecular flexibility index (Phi) is 5.11. The lowest BCUT2D eigenvalue weighted by molar-refractivity contribution is -0.384. The number of nitrogens with one attached hydrogen (secondary N) is 1. The van der Waals surface area contributed by atoms with Gasteiger partial charge in [0.2, 0.25) is 5.91 Å². The normalized spacial score (nSPS) is 26.7. The first-order valence-electron chi connectivity index (χ1n) is 10.5. The molecule has 0 aliphatic heterocycles. The molecule has 0 saturated heterocycles. The molecule has 0 aromatic heterocycles. The summed E-state index contributed by atoms with van der Waals surface area (Å²) in [5.74, 6) is -0.833. The summed E-state index contributed by atoms with van der Waals surface area (Å²) >= 11 is 0. The molecule has 8 heteroatoms. The molecular weight excluding hydrogens is 410 g/mol. The molecule has 2 aliphatic rings. The van der Waals surface area contributed by atoms with Crippen LogP contribution in [-0.4, -0.2) is 22.5 Å². The molecule has 0 radical (unpaired) electrons.